The van der Waals surface area contributed by atoms with Crippen molar-refractivity contribution in [3.63, 3.8) is 0 Å². The summed E-state index contributed by atoms with van der Waals surface area (Å²) in [4.78, 5) is 30.2. The number of urea groups is 1. The van der Waals surface area contributed by atoms with Crippen molar-refractivity contribution in [2.24, 2.45) is 0 Å². The molecule has 5 nitrogen and oxygen atoms in total. The standard InChI is InChI=1S/C18H26ClN3O2/c1-3-20(4-2)18(24)22-12-10-21(11-13-22)17(23)9-8-15-6-5-7-16(19)14-15/h5-7,14H,3-4,8-13H2,1-2H3. The highest BCUT2D eigenvalue weighted by atomic mass is 35.5. The normalized spacial score (nSPS) is 14.6. The molecule has 3 amide bonds. The molecule has 1 aromatic rings. The maximum atomic E-state index is 12.4. The van der Waals surface area contributed by atoms with Crippen molar-refractivity contribution in [3.05, 3.63) is 34.9 Å². The molecule has 1 saturated heterocycles. The number of carbonyl (C=O) groups is 2. The average Bonchev–Trinajstić information content (AvgIpc) is 2.61. The summed E-state index contributed by atoms with van der Waals surface area (Å²) in [6, 6.07) is 7.69. The highest BCUT2D eigenvalue weighted by Gasteiger charge is 2.25. The van der Waals surface area contributed by atoms with Crippen LogP contribution in [0.1, 0.15) is 25.8 Å². The minimum absolute atomic E-state index is 0.0750. The highest BCUT2D eigenvalue weighted by Crippen LogP contribution is 2.13. The van der Waals surface area contributed by atoms with Crippen LogP contribution in [0.5, 0.6) is 0 Å². The Hall–Kier alpha value is -1.75. The van der Waals surface area contributed by atoms with E-state index in [1.807, 2.05) is 52.8 Å². The van der Waals surface area contributed by atoms with Gasteiger partial charge in [0.1, 0.15) is 0 Å². The maximum Gasteiger partial charge on any atom is 0.320 e. The molecule has 0 aromatic heterocycles. The van der Waals surface area contributed by atoms with Crippen LogP contribution in [-0.2, 0) is 11.2 Å². The van der Waals surface area contributed by atoms with E-state index in [1.165, 1.54) is 0 Å². The van der Waals surface area contributed by atoms with E-state index >= 15 is 0 Å². The summed E-state index contributed by atoms with van der Waals surface area (Å²) in [6.45, 7) is 7.84. The number of aryl methyl sites for hydroxylation is 1. The van der Waals surface area contributed by atoms with Crippen molar-refractivity contribution < 1.29 is 9.59 Å². The Bertz CT molecular complexity index is 567. The molecule has 0 saturated carbocycles. The highest BCUT2D eigenvalue weighted by molar-refractivity contribution is 6.30. The molecule has 132 valence electrons. The lowest BCUT2D eigenvalue weighted by molar-refractivity contribution is -0.132. The van der Waals surface area contributed by atoms with Gasteiger partial charge in [0.2, 0.25) is 5.91 Å². The molecule has 2 rings (SSSR count). The van der Waals surface area contributed by atoms with E-state index < -0.39 is 0 Å². The van der Waals surface area contributed by atoms with Crippen LogP contribution in [-0.4, -0.2) is 65.9 Å². The number of halogens is 1. The van der Waals surface area contributed by atoms with Crippen molar-refractivity contribution in [2.75, 3.05) is 39.3 Å². The number of hydrogen-bond donors (Lipinski definition) is 0. The predicted octanol–water partition coefficient (Wildman–Crippen LogP) is 2.88. The molecule has 0 bridgehead atoms. The summed E-state index contributed by atoms with van der Waals surface area (Å²) >= 11 is 5.97. The Morgan fingerprint density at radius 3 is 2.29 bits per heavy atom. The lowest BCUT2D eigenvalue weighted by atomic mass is 10.1. The van der Waals surface area contributed by atoms with Crippen LogP contribution in [0.3, 0.4) is 0 Å². The van der Waals surface area contributed by atoms with Gasteiger partial charge in [-0.3, -0.25) is 4.79 Å². The van der Waals surface area contributed by atoms with Gasteiger partial charge in [-0.25, -0.2) is 4.79 Å². The number of rotatable bonds is 5. The summed E-state index contributed by atoms with van der Waals surface area (Å²) in [6.07, 6.45) is 1.17. The maximum absolute atomic E-state index is 12.4. The van der Waals surface area contributed by atoms with Crippen LogP contribution >= 0.6 is 11.6 Å². The van der Waals surface area contributed by atoms with Gasteiger partial charge in [-0.2, -0.15) is 0 Å². The van der Waals surface area contributed by atoms with Crippen LogP contribution in [0, 0.1) is 0 Å². The van der Waals surface area contributed by atoms with Crippen LogP contribution < -0.4 is 0 Å². The van der Waals surface area contributed by atoms with Gasteiger partial charge in [0, 0.05) is 50.7 Å². The zero-order valence-electron chi connectivity index (χ0n) is 14.5. The minimum atomic E-state index is 0.0750. The largest absolute Gasteiger partial charge is 0.339 e. The molecule has 0 radical (unpaired) electrons. The second-order valence-electron chi connectivity index (χ2n) is 5.95. The zero-order chi connectivity index (χ0) is 17.5. The van der Waals surface area contributed by atoms with E-state index in [0.717, 1.165) is 5.56 Å². The van der Waals surface area contributed by atoms with Crippen molar-refractivity contribution in [1.82, 2.24) is 14.7 Å². The first-order valence-electron chi connectivity index (χ1n) is 8.61. The molecule has 24 heavy (non-hydrogen) atoms. The van der Waals surface area contributed by atoms with E-state index in [-0.39, 0.29) is 11.9 Å². The molecule has 0 N–H and O–H groups in total. The number of benzene rings is 1. The quantitative estimate of drug-likeness (QED) is 0.818. The Morgan fingerprint density at radius 1 is 1.08 bits per heavy atom. The number of nitrogens with zero attached hydrogens (tertiary/aromatic N) is 3. The van der Waals surface area contributed by atoms with Crippen molar-refractivity contribution >= 4 is 23.5 Å². The third-order valence-electron chi connectivity index (χ3n) is 4.45. The summed E-state index contributed by atoms with van der Waals surface area (Å²) in [7, 11) is 0. The van der Waals surface area contributed by atoms with Gasteiger partial charge >= 0.3 is 6.03 Å². The van der Waals surface area contributed by atoms with Gasteiger partial charge in [-0.15, -0.1) is 0 Å². The third-order valence-corrected chi connectivity index (χ3v) is 4.69. The van der Waals surface area contributed by atoms with Gasteiger partial charge in [-0.1, -0.05) is 23.7 Å². The average molecular weight is 352 g/mol. The summed E-state index contributed by atoms with van der Waals surface area (Å²) in [5.74, 6) is 0.143. The number of hydrogen-bond acceptors (Lipinski definition) is 2. The molecule has 0 atom stereocenters. The second-order valence-corrected chi connectivity index (χ2v) is 6.39. The van der Waals surface area contributed by atoms with Crippen molar-refractivity contribution in [2.45, 2.75) is 26.7 Å². The van der Waals surface area contributed by atoms with Gasteiger partial charge < -0.3 is 14.7 Å². The lowest BCUT2D eigenvalue weighted by Gasteiger charge is -2.37. The van der Waals surface area contributed by atoms with Crippen LogP contribution in [0.15, 0.2) is 24.3 Å². The van der Waals surface area contributed by atoms with E-state index in [0.29, 0.717) is 57.1 Å². The van der Waals surface area contributed by atoms with Crippen molar-refractivity contribution in [1.29, 1.82) is 0 Å². The number of amides is 3. The number of piperazine rings is 1. The van der Waals surface area contributed by atoms with Gasteiger partial charge in [0.15, 0.2) is 0 Å². The SMILES string of the molecule is CCN(CC)C(=O)N1CCN(C(=O)CCc2cccc(Cl)c2)CC1. The molecule has 1 fully saturated rings. The Balaban J connectivity index is 1.79. The van der Waals surface area contributed by atoms with Gasteiger partial charge in [-0.05, 0) is 38.0 Å². The zero-order valence-corrected chi connectivity index (χ0v) is 15.3. The molecular weight excluding hydrogens is 326 g/mol. The van der Waals surface area contributed by atoms with E-state index in [2.05, 4.69) is 0 Å². The first kappa shape index (κ1) is 18.6. The van der Waals surface area contributed by atoms with Gasteiger partial charge in [0.25, 0.3) is 0 Å². The fraction of sp³-hybridized carbons (Fsp3) is 0.556. The van der Waals surface area contributed by atoms with Crippen LogP contribution in [0.25, 0.3) is 0 Å². The first-order valence-corrected chi connectivity index (χ1v) is 8.99. The smallest absolute Gasteiger partial charge is 0.320 e. The van der Waals surface area contributed by atoms with Crippen molar-refractivity contribution in [3.8, 4) is 0 Å². The molecule has 1 aliphatic heterocycles. The summed E-state index contributed by atoms with van der Waals surface area (Å²) < 4.78 is 0. The molecular formula is C18H26ClN3O2. The van der Waals surface area contributed by atoms with E-state index in [4.69, 9.17) is 11.6 Å². The number of carbonyl (C=O) groups excluding carboxylic acids is 2. The summed E-state index contributed by atoms with van der Waals surface area (Å²) in [5.41, 5.74) is 1.08. The molecule has 1 heterocycles. The lowest BCUT2D eigenvalue weighted by Crippen LogP contribution is -2.54. The molecule has 0 unspecified atom stereocenters. The van der Waals surface area contributed by atoms with E-state index in [9.17, 15) is 9.59 Å². The topological polar surface area (TPSA) is 43.9 Å². The second kappa shape index (κ2) is 8.92. The monoisotopic (exact) mass is 351 g/mol. The molecule has 1 aliphatic rings. The molecule has 1 aromatic carbocycles. The molecule has 0 spiro atoms. The van der Waals surface area contributed by atoms with Gasteiger partial charge in [0.05, 0.1) is 0 Å². The van der Waals surface area contributed by atoms with Crippen LogP contribution in [0.4, 0.5) is 4.79 Å². The predicted molar refractivity (Wildman–Crippen MR) is 96.2 cm³/mol. The fourth-order valence-corrected chi connectivity index (χ4v) is 3.16. The molecule has 6 heteroatoms. The molecule has 0 aliphatic carbocycles. The van der Waals surface area contributed by atoms with Crippen LogP contribution in [0.2, 0.25) is 5.02 Å². The van der Waals surface area contributed by atoms with E-state index in [1.54, 1.807) is 0 Å². The Kier molecular flexibility index (Phi) is 6.91. The Labute approximate surface area is 149 Å². The summed E-state index contributed by atoms with van der Waals surface area (Å²) in [5, 5.41) is 0.698. The minimum Gasteiger partial charge on any atom is -0.339 e. The fourth-order valence-electron chi connectivity index (χ4n) is 2.94. The Morgan fingerprint density at radius 2 is 1.71 bits per heavy atom. The first-order chi connectivity index (χ1) is 11.5. The third kappa shape index (κ3) is 4.87.